The summed E-state index contributed by atoms with van der Waals surface area (Å²) in [6.07, 6.45) is 0. The Kier molecular flexibility index (Phi) is 2.37. The van der Waals surface area contributed by atoms with E-state index in [4.69, 9.17) is 9.47 Å². The van der Waals surface area contributed by atoms with E-state index >= 15 is 0 Å². The zero-order valence-electron chi connectivity index (χ0n) is 8.61. The average molecular weight is 203 g/mol. The predicted molar refractivity (Wildman–Crippen MR) is 57.2 cm³/mol. The molecule has 0 N–H and O–H groups in total. The molecular weight excluding hydrogens is 192 g/mol. The molecule has 0 saturated heterocycles. The standard InChI is InChI=1S/C12H11O3/c1-14-11-5-6-12(15-2)10-7-8(13)3-4-9(10)11/h3-7H,1-2H3. The van der Waals surface area contributed by atoms with E-state index in [-0.39, 0.29) is 5.75 Å². The van der Waals surface area contributed by atoms with Gasteiger partial charge in [0.25, 0.3) is 0 Å². The molecule has 0 bridgehead atoms. The van der Waals surface area contributed by atoms with Gasteiger partial charge in [0, 0.05) is 10.8 Å². The smallest absolute Gasteiger partial charge is 0.179 e. The molecule has 0 aliphatic rings. The second kappa shape index (κ2) is 3.69. The van der Waals surface area contributed by atoms with Crippen molar-refractivity contribution in [2.45, 2.75) is 0 Å². The normalized spacial score (nSPS) is 10.3. The van der Waals surface area contributed by atoms with Gasteiger partial charge in [0.05, 0.1) is 14.2 Å². The van der Waals surface area contributed by atoms with Gasteiger partial charge in [-0.2, -0.15) is 0 Å². The highest BCUT2D eigenvalue weighted by atomic mass is 16.5. The molecule has 0 fully saturated rings. The van der Waals surface area contributed by atoms with Gasteiger partial charge in [-0.25, -0.2) is 0 Å². The lowest BCUT2D eigenvalue weighted by Gasteiger charge is -2.09. The Balaban J connectivity index is 2.80. The Morgan fingerprint density at radius 1 is 0.867 bits per heavy atom. The summed E-state index contributed by atoms with van der Waals surface area (Å²) in [6.45, 7) is 0. The molecule has 0 spiro atoms. The van der Waals surface area contributed by atoms with E-state index in [1.54, 1.807) is 32.4 Å². The molecule has 15 heavy (non-hydrogen) atoms. The Hall–Kier alpha value is -1.90. The third-order valence-corrected chi connectivity index (χ3v) is 2.35. The molecule has 0 aliphatic carbocycles. The fourth-order valence-electron chi connectivity index (χ4n) is 1.63. The van der Waals surface area contributed by atoms with Crippen LogP contribution in [0.2, 0.25) is 0 Å². The molecule has 0 unspecified atom stereocenters. The van der Waals surface area contributed by atoms with Crippen molar-refractivity contribution >= 4 is 10.8 Å². The third kappa shape index (κ3) is 1.56. The highest BCUT2D eigenvalue weighted by Gasteiger charge is 2.07. The van der Waals surface area contributed by atoms with Gasteiger partial charge in [-0.05, 0) is 30.3 Å². The molecule has 0 atom stereocenters. The van der Waals surface area contributed by atoms with Crippen LogP contribution in [0.3, 0.4) is 0 Å². The summed E-state index contributed by atoms with van der Waals surface area (Å²) >= 11 is 0. The topological polar surface area (TPSA) is 38.4 Å². The number of rotatable bonds is 2. The van der Waals surface area contributed by atoms with Crippen LogP contribution in [-0.2, 0) is 5.11 Å². The van der Waals surface area contributed by atoms with Gasteiger partial charge >= 0.3 is 0 Å². The van der Waals surface area contributed by atoms with Crippen molar-refractivity contribution < 1.29 is 14.6 Å². The molecule has 0 aliphatic heterocycles. The second-order valence-electron chi connectivity index (χ2n) is 3.18. The van der Waals surface area contributed by atoms with Gasteiger partial charge < -0.3 is 9.47 Å². The van der Waals surface area contributed by atoms with E-state index in [0.29, 0.717) is 5.75 Å². The lowest BCUT2D eigenvalue weighted by molar-refractivity contribution is 0.355. The van der Waals surface area contributed by atoms with Gasteiger partial charge in [0.15, 0.2) is 5.75 Å². The van der Waals surface area contributed by atoms with Crippen LogP contribution in [0.5, 0.6) is 17.2 Å². The van der Waals surface area contributed by atoms with Crippen molar-refractivity contribution in [2.75, 3.05) is 14.2 Å². The van der Waals surface area contributed by atoms with Gasteiger partial charge in [-0.15, -0.1) is 0 Å². The second-order valence-corrected chi connectivity index (χ2v) is 3.18. The summed E-state index contributed by atoms with van der Waals surface area (Å²) in [5.74, 6) is 1.39. The highest BCUT2D eigenvalue weighted by molar-refractivity contribution is 5.94. The number of hydrogen-bond acceptors (Lipinski definition) is 2. The minimum absolute atomic E-state index is 0.0333. The van der Waals surface area contributed by atoms with Crippen molar-refractivity contribution in [1.82, 2.24) is 0 Å². The molecule has 0 aromatic heterocycles. The molecule has 2 rings (SSSR count). The molecule has 2 aromatic carbocycles. The fraction of sp³-hybridized carbons (Fsp3) is 0.167. The van der Waals surface area contributed by atoms with Crippen LogP contribution in [0.25, 0.3) is 10.8 Å². The summed E-state index contributed by atoms with van der Waals surface area (Å²) in [5.41, 5.74) is 0. The quantitative estimate of drug-likeness (QED) is 0.752. The first-order chi connectivity index (χ1) is 7.26. The molecule has 2 aromatic rings. The minimum Gasteiger partial charge on any atom is -0.496 e. The maximum Gasteiger partial charge on any atom is 0.179 e. The van der Waals surface area contributed by atoms with Crippen molar-refractivity contribution in [2.24, 2.45) is 0 Å². The molecule has 0 heterocycles. The summed E-state index contributed by atoms with van der Waals surface area (Å²) in [4.78, 5) is 0. The molecule has 3 heteroatoms. The summed E-state index contributed by atoms with van der Waals surface area (Å²) < 4.78 is 10.4. The minimum atomic E-state index is -0.0333. The molecule has 0 saturated carbocycles. The van der Waals surface area contributed by atoms with Crippen LogP contribution < -0.4 is 9.47 Å². The van der Waals surface area contributed by atoms with Crippen molar-refractivity contribution in [3.63, 3.8) is 0 Å². The fourth-order valence-corrected chi connectivity index (χ4v) is 1.63. The number of methoxy groups -OCH3 is 2. The van der Waals surface area contributed by atoms with E-state index < -0.39 is 0 Å². The van der Waals surface area contributed by atoms with Crippen molar-refractivity contribution in [1.29, 1.82) is 0 Å². The largest absolute Gasteiger partial charge is 0.496 e. The van der Waals surface area contributed by atoms with Gasteiger partial charge in [-0.1, -0.05) is 0 Å². The molecule has 1 radical (unpaired) electrons. The van der Waals surface area contributed by atoms with Gasteiger partial charge in [0.1, 0.15) is 11.5 Å². The van der Waals surface area contributed by atoms with E-state index in [9.17, 15) is 5.11 Å². The van der Waals surface area contributed by atoms with E-state index in [1.165, 1.54) is 6.07 Å². The van der Waals surface area contributed by atoms with Crippen molar-refractivity contribution in [3.8, 4) is 17.2 Å². The number of fused-ring (bicyclic) bond motifs is 1. The number of hydrogen-bond donors (Lipinski definition) is 0. The summed E-state index contributed by atoms with van der Waals surface area (Å²) in [5, 5.41) is 12.9. The van der Waals surface area contributed by atoms with E-state index in [0.717, 1.165) is 16.5 Å². The molecule has 3 nitrogen and oxygen atoms in total. The molecule has 0 amide bonds. The predicted octanol–water partition coefficient (Wildman–Crippen LogP) is 3.00. The molecule has 77 valence electrons. The first-order valence-electron chi connectivity index (χ1n) is 4.58. The lowest BCUT2D eigenvalue weighted by Crippen LogP contribution is -1.88. The number of benzene rings is 2. The van der Waals surface area contributed by atoms with Crippen molar-refractivity contribution in [3.05, 3.63) is 30.3 Å². The van der Waals surface area contributed by atoms with E-state index in [1.807, 2.05) is 6.07 Å². The van der Waals surface area contributed by atoms with Crippen LogP contribution in [-0.4, -0.2) is 14.2 Å². The van der Waals surface area contributed by atoms with Crippen LogP contribution in [0.15, 0.2) is 30.3 Å². The third-order valence-electron chi connectivity index (χ3n) is 2.35. The number of ether oxygens (including phenoxy) is 2. The maximum absolute atomic E-state index is 11.3. The van der Waals surface area contributed by atoms with Gasteiger partial charge in [0.2, 0.25) is 0 Å². The SMILES string of the molecule is COc1ccc(OC)c2cc([O])ccc12. The Bertz CT molecular complexity index is 491. The zero-order valence-corrected chi connectivity index (χ0v) is 8.61. The average Bonchev–Trinajstić information content (AvgIpc) is 2.27. The van der Waals surface area contributed by atoms with Crippen LogP contribution >= 0.6 is 0 Å². The molecular formula is C12H11O3. The first kappa shape index (κ1) is 9.65. The van der Waals surface area contributed by atoms with E-state index in [2.05, 4.69) is 0 Å². The Morgan fingerprint density at radius 3 is 2.07 bits per heavy atom. The summed E-state index contributed by atoms with van der Waals surface area (Å²) in [7, 11) is 3.19. The zero-order chi connectivity index (χ0) is 10.8. The van der Waals surface area contributed by atoms with Crippen LogP contribution in [0.4, 0.5) is 0 Å². The maximum atomic E-state index is 11.3. The van der Waals surface area contributed by atoms with Gasteiger partial charge in [-0.3, -0.25) is 5.11 Å². The Morgan fingerprint density at radius 2 is 1.47 bits per heavy atom. The Labute approximate surface area is 87.9 Å². The lowest BCUT2D eigenvalue weighted by atomic mass is 10.1. The van der Waals surface area contributed by atoms with Crippen LogP contribution in [0.1, 0.15) is 0 Å². The monoisotopic (exact) mass is 203 g/mol. The summed E-state index contributed by atoms with van der Waals surface area (Å²) in [6, 6.07) is 8.44. The van der Waals surface area contributed by atoms with Crippen LogP contribution in [0, 0.1) is 0 Å². The highest BCUT2D eigenvalue weighted by Crippen LogP contribution is 2.34. The first-order valence-corrected chi connectivity index (χ1v) is 4.58.